The van der Waals surface area contributed by atoms with Crippen molar-refractivity contribution in [3.05, 3.63) is 64.2 Å². The van der Waals surface area contributed by atoms with Gasteiger partial charge in [-0.05, 0) is 31.2 Å². The summed E-state index contributed by atoms with van der Waals surface area (Å²) in [7, 11) is 0. The van der Waals surface area contributed by atoms with Crippen molar-refractivity contribution in [3.63, 3.8) is 0 Å². The monoisotopic (exact) mass is 451 g/mol. The summed E-state index contributed by atoms with van der Waals surface area (Å²) in [5.41, 5.74) is 0.881. The fourth-order valence-electron chi connectivity index (χ4n) is 2.89. The van der Waals surface area contributed by atoms with Crippen molar-refractivity contribution in [3.8, 4) is 11.5 Å². The van der Waals surface area contributed by atoms with E-state index in [0.717, 1.165) is 5.56 Å². The van der Waals surface area contributed by atoms with E-state index in [-0.39, 0.29) is 16.7 Å². The van der Waals surface area contributed by atoms with E-state index in [4.69, 9.17) is 31.2 Å². The number of non-ortho nitro benzene ring substituents is 1. The maximum absolute atomic E-state index is 10.8. The van der Waals surface area contributed by atoms with Crippen LogP contribution in [0, 0.1) is 17.0 Å². The molecule has 0 unspecified atom stereocenters. The molecule has 0 bridgehead atoms. The smallest absolute Gasteiger partial charge is 0.358 e. The van der Waals surface area contributed by atoms with E-state index < -0.39 is 42.2 Å². The summed E-state index contributed by atoms with van der Waals surface area (Å²) < 4.78 is 22.1. The predicted molar refractivity (Wildman–Crippen MR) is 111 cm³/mol. The minimum Gasteiger partial charge on any atom is -0.461 e. The second-order valence-corrected chi connectivity index (χ2v) is 7.16. The van der Waals surface area contributed by atoms with Crippen molar-refractivity contribution in [2.75, 3.05) is 6.61 Å². The molecule has 1 aliphatic heterocycles. The van der Waals surface area contributed by atoms with Gasteiger partial charge in [0.25, 0.3) is 5.69 Å². The topological polar surface area (TPSA) is 141 Å². The Bertz CT molecular complexity index is 906. The Balaban J connectivity index is 1.75. The van der Waals surface area contributed by atoms with Gasteiger partial charge in [-0.15, -0.1) is 0 Å². The third-order valence-corrected chi connectivity index (χ3v) is 4.76. The first kappa shape index (κ1) is 22.8. The lowest BCUT2D eigenvalue weighted by molar-refractivity contribution is -0.384. The minimum absolute atomic E-state index is 0.138. The van der Waals surface area contributed by atoms with Crippen LogP contribution in [0.1, 0.15) is 5.56 Å². The Hall–Kier alpha value is -2.83. The first-order chi connectivity index (χ1) is 14.8. The van der Waals surface area contributed by atoms with Gasteiger partial charge in [-0.3, -0.25) is 10.1 Å². The van der Waals surface area contributed by atoms with E-state index >= 15 is 0 Å². The predicted octanol–water partition coefficient (Wildman–Crippen LogP) is 1.47. The molecule has 0 amide bonds. The summed E-state index contributed by atoms with van der Waals surface area (Å²) in [5.74, 6) is 0.582. The van der Waals surface area contributed by atoms with Gasteiger partial charge in [-0.1, -0.05) is 17.7 Å². The summed E-state index contributed by atoms with van der Waals surface area (Å²) in [6.07, 6.45) is -6.78. The van der Waals surface area contributed by atoms with E-state index in [1.807, 2.05) is 19.1 Å². The molecule has 10 nitrogen and oxygen atoms in total. The number of aliphatic hydroxyl groups excluding tert-OH is 3. The average molecular weight is 451 g/mol. The summed E-state index contributed by atoms with van der Waals surface area (Å²) >= 11 is 5.09. The third kappa shape index (κ3) is 5.66. The zero-order valence-corrected chi connectivity index (χ0v) is 17.2. The highest BCUT2D eigenvalue weighted by atomic mass is 32.1. The van der Waals surface area contributed by atoms with E-state index in [0.29, 0.717) is 5.75 Å². The van der Waals surface area contributed by atoms with Crippen LogP contribution in [0.2, 0.25) is 0 Å². The van der Waals surface area contributed by atoms with Crippen LogP contribution in [-0.2, 0) is 9.47 Å². The molecule has 3 N–H and O–H groups in total. The molecule has 31 heavy (non-hydrogen) atoms. The first-order valence-electron chi connectivity index (χ1n) is 9.27. The van der Waals surface area contributed by atoms with Crippen LogP contribution in [-0.4, -0.2) is 62.8 Å². The molecule has 0 aromatic heterocycles. The molecule has 0 radical (unpaired) electrons. The molecule has 2 aromatic carbocycles. The number of hydrogen-bond acceptors (Lipinski definition) is 10. The van der Waals surface area contributed by atoms with Crippen molar-refractivity contribution in [2.24, 2.45) is 0 Å². The third-order valence-electron chi connectivity index (χ3n) is 4.58. The fraction of sp³-hybridized carbons (Fsp3) is 0.350. The lowest BCUT2D eigenvalue weighted by atomic mass is 9.99. The normalized spacial score (nSPS) is 25.5. The molecule has 3 rings (SSSR count). The largest absolute Gasteiger partial charge is 0.461 e. The van der Waals surface area contributed by atoms with Gasteiger partial charge in [0.05, 0.1) is 11.5 Å². The standard InChI is InChI=1S/C20H21NO9S/c1-11-2-6-14(7-3-11)28-20(31)30-18-17(24)16(23)15(10-22)29-19(18)27-13-8-4-12(5-9-13)21(25)26/h2-9,15-19,22-24H,10H2,1H3/t15-,16-,17+,18-,19+/m1/s1. The highest BCUT2D eigenvalue weighted by Crippen LogP contribution is 2.28. The Labute approximate surface area is 182 Å². The molecular formula is C20H21NO9S. The van der Waals surface area contributed by atoms with Gasteiger partial charge in [0, 0.05) is 24.4 Å². The van der Waals surface area contributed by atoms with E-state index in [1.165, 1.54) is 24.3 Å². The van der Waals surface area contributed by atoms with Crippen LogP contribution in [0.4, 0.5) is 5.69 Å². The Morgan fingerprint density at radius 1 is 1.10 bits per heavy atom. The van der Waals surface area contributed by atoms with Crippen molar-refractivity contribution < 1.29 is 39.2 Å². The fourth-order valence-corrected chi connectivity index (χ4v) is 3.10. The van der Waals surface area contributed by atoms with Gasteiger partial charge in [-0.2, -0.15) is 0 Å². The maximum atomic E-state index is 10.8. The van der Waals surface area contributed by atoms with Gasteiger partial charge in [-0.25, -0.2) is 0 Å². The number of nitro groups is 1. The second-order valence-electron chi connectivity index (χ2n) is 6.82. The molecular weight excluding hydrogens is 430 g/mol. The molecule has 0 aliphatic carbocycles. The van der Waals surface area contributed by atoms with Crippen LogP contribution >= 0.6 is 12.2 Å². The van der Waals surface area contributed by atoms with Crippen LogP contribution in [0.5, 0.6) is 11.5 Å². The zero-order valence-electron chi connectivity index (χ0n) is 16.4. The SMILES string of the molecule is Cc1ccc(OC(=S)O[C@H]2[C@@H](Oc3ccc([N+](=O)[O-])cc3)O[C@H](CO)[C@@H](O)[C@@H]2O)cc1. The number of aliphatic hydroxyl groups is 3. The molecule has 0 spiro atoms. The Kier molecular flexibility index (Phi) is 7.36. The number of ether oxygens (including phenoxy) is 4. The molecule has 1 fully saturated rings. The van der Waals surface area contributed by atoms with Crippen LogP contribution in [0.3, 0.4) is 0 Å². The first-order valence-corrected chi connectivity index (χ1v) is 9.68. The molecule has 1 aliphatic rings. The van der Waals surface area contributed by atoms with Gasteiger partial charge < -0.3 is 34.3 Å². The number of aryl methyl sites for hydroxylation is 1. The molecule has 1 heterocycles. The second kappa shape index (κ2) is 9.98. The summed E-state index contributed by atoms with van der Waals surface area (Å²) in [6, 6.07) is 12.1. The maximum Gasteiger partial charge on any atom is 0.358 e. The highest BCUT2D eigenvalue weighted by molar-refractivity contribution is 7.79. The average Bonchev–Trinajstić information content (AvgIpc) is 2.75. The van der Waals surface area contributed by atoms with E-state index in [9.17, 15) is 25.4 Å². The van der Waals surface area contributed by atoms with Crippen molar-refractivity contribution in [1.82, 2.24) is 0 Å². The number of nitro benzene ring substituents is 1. The number of benzene rings is 2. The minimum atomic E-state index is -1.53. The number of rotatable bonds is 6. The zero-order chi connectivity index (χ0) is 22.5. The lowest BCUT2D eigenvalue weighted by Gasteiger charge is -2.41. The molecule has 166 valence electrons. The Morgan fingerprint density at radius 3 is 2.29 bits per heavy atom. The van der Waals surface area contributed by atoms with Crippen molar-refractivity contribution in [1.29, 1.82) is 0 Å². The number of thiocarbonyl (C=S) groups is 1. The van der Waals surface area contributed by atoms with Crippen LogP contribution in [0.25, 0.3) is 0 Å². The van der Waals surface area contributed by atoms with Crippen molar-refractivity contribution >= 4 is 23.1 Å². The van der Waals surface area contributed by atoms with Gasteiger partial charge in [0.15, 0.2) is 6.10 Å². The van der Waals surface area contributed by atoms with Crippen molar-refractivity contribution in [2.45, 2.75) is 37.6 Å². The van der Waals surface area contributed by atoms with Crippen LogP contribution in [0.15, 0.2) is 48.5 Å². The lowest BCUT2D eigenvalue weighted by Crippen LogP contribution is -2.61. The van der Waals surface area contributed by atoms with Gasteiger partial charge >= 0.3 is 5.24 Å². The van der Waals surface area contributed by atoms with E-state index in [2.05, 4.69) is 0 Å². The number of nitrogens with zero attached hydrogens (tertiary/aromatic N) is 1. The van der Waals surface area contributed by atoms with Gasteiger partial charge in [0.1, 0.15) is 29.8 Å². The molecule has 2 aromatic rings. The quantitative estimate of drug-likeness (QED) is 0.336. The number of hydrogen-bond donors (Lipinski definition) is 3. The van der Waals surface area contributed by atoms with Crippen LogP contribution < -0.4 is 9.47 Å². The molecule has 1 saturated heterocycles. The van der Waals surface area contributed by atoms with E-state index in [1.54, 1.807) is 12.1 Å². The highest BCUT2D eigenvalue weighted by Gasteiger charge is 2.47. The summed E-state index contributed by atoms with van der Waals surface area (Å²) in [5, 5.41) is 40.6. The summed E-state index contributed by atoms with van der Waals surface area (Å²) in [4.78, 5) is 10.2. The molecule has 11 heteroatoms. The Morgan fingerprint density at radius 2 is 1.71 bits per heavy atom. The molecule has 0 saturated carbocycles. The molecule has 5 atom stereocenters. The van der Waals surface area contributed by atoms with Gasteiger partial charge in [0.2, 0.25) is 6.29 Å². The summed E-state index contributed by atoms with van der Waals surface area (Å²) in [6.45, 7) is 1.32.